The Morgan fingerprint density at radius 3 is 2.67 bits per heavy atom. The van der Waals surface area contributed by atoms with Crippen LogP contribution in [0.15, 0.2) is 53.0 Å². The van der Waals surface area contributed by atoms with Gasteiger partial charge >= 0.3 is 0 Å². The lowest BCUT2D eigenvalue weighted by atomic mass is 9.91. The summed E-state index contributed by atoms with van der Waals surface area (Å²) in [6.07, 6.45) is 1.81. The molecule has 1 nitrogen and oxygen atoms in total. The van der Waals surface area contributed by atoms with Gasteiger partial charge in [-0.05, 0) is 48.7 Å². The van der Waals surface area contributed by atoms with Crippen molar-refractivity contribution in [2.75, 3.05) is 13.1 Å². The highest BCUT2D eigenvalue weighted by molar-refractivity contribution is 9.10. The van der Waals surface area contributed by atoms with Crippen LogP contribution in [0.1, 0.15) is 30.4 Å². The average Bonchev–Trinajstić information content (AvgIpc) is 2.48. The number of rotatable bonds is 7. The van der Waals surface area contributed by atoms with Gasteiger partial charge < -0.3 is 5.32 Å². The molecule has 1 unspecified atom stereocenters. The molecular weight excluding hydrogens is 329 g/mol. The minimum absolute atomic E-state index is 0.118. The Bertz CT molecular complexity index is 571. The van der Waals surface area contributed by atoms with Crippen LogP contribution in [-0.4, -0.2) is 13.1 Å². The molecule has 0 aliphatic carbocycles. The average molecular weight is 350 g/mol. The molecule has 3 heteroatoms. The van der Waals surface area contributed by atoms with Crippen LogP contribution >= 0.6 is 15.9 Å². The molecule has 0 aliphatic heterocycles. The summed E-state index contributed by atoms with van der Waals surface area (Å²) in [5.74, 6) is 0.152. The van der Waals surface area contributed by atoms with Crippen molar-refractivity contribution in [1.29, 1.82) is 0 Å². The van der Waals surface area contributed by atoms with Crippen LogP contribution in [0.5, 0.6) is 0 Å². The van der Waals surface area contributed by atoms with E-state index in [-0.39, 0.29) is 11.7 Å². The largest absolute Gasteiger partial charge is 0.316 e. The number of hydrogen-bond donors (Lipinski definition) is 1. The summed E-state index contributed by atoms with van der Waals surface area (Å²) in [6.45, 7) is 4.00. The molecule has 0 aliphatic rings. The molecule has 0 bridgehead atoms. The molecule has 21 heavy (non-hydrogen) atoms. The number of halogens is 2. The second-order valence-electron chi connectivity index (χ2n) is 5.25. The second-order valence-corrected chi connectivity index (χ2v) is 6.17. The van der Waals surface area contributed by atoms with Crippen LogP contribution in [0.25, 0.3) is 0 Å². The van der Waals surface area contributed by atoms with Gasteiger partial charge in [0.1, 0.15) is 5.82 Å². The van der Waals surface area contributed by atoms with Gasteiger partial charge in [-0.25, -0.2) is 4.39 Å². The summed E-state index contributed by atoms with van der Waals surface area (Å²) in [5, 5.41) is 3.46. The Kier molecular flexibility index (Phi) is 6.40. The smallest absolute Gasteiger partial charge is 0.126 e. The van der Waals surface area contributed by atoms with Crippen LogP contribution in [0.2, 0.25) is 0 Å². The van der Waals surface area contributed by atoms with Gasteiger partial charge in [-0.15, -0.1) is 0 Å². The van der Waals surface area contributed by atoms with E-state index in [2.05, 4.69) is 40.3 Å². The van der Waals surface area contributed by atoms with E-state index in [0.29, 0.717) is 6.42 Å². The van der Waals surface area contributed by atoms with Gasteiger partial charge in [0.15, 0.2) is 0 Å². The van der Waals surface area contributed by atoms with E-state index in [1.165, 1.54) is 11.6 Å². The maximum absolute atomic E-state index is 13.9. The second kappa shape index (κ2) is 8.30. The van der Waals surface area contributed by atoms with Crippen LogP contribution in [0.4, 0.5) is 4.39 Å². The molecule has 2 rings (SSSR count). The Balaban J connectivity index is 2.17. The third kappa shape index (κ3) is 4.94. The lowest BCUT2D eigenvalue weighted by Gasteiger charge is -2.19. The fraction of sp³-hybridized carbons (Fsp3) is 0.333. The molecule has 1 atom stereocenters. The molecule has 0 radical (unpaired) electrons. The molecule has 1 N–H and O–H groups in total. The van der Waals surface area contributed by atoms with Gasteiger partial charge in [0, 0.05) is 16.9 Å². The maximum Gasteiger partial charge on any atom is 0.126 e. The van der Waals surface area contributed by atoms with E-state index < -0.39 is 0 Å². The van der Waals surface area contributed by atoms with Gasteiger partial charge in [0.05, 0.1) is 0 Å². The normalized spacial score (nSPS) is 12.3. The molecule has 112 valence electrons. The van der Waals surface area contributed by atoms with Crippen molar-refractivity contribution < 1.29 is 4.39 Å². The van der Waals surface area contributed by atoms with Crippen LogP contribution in [0, 0.1) is 5.82 Å². The third-order valence-electron chi connectivity index (χ3n) is 3.56. The van der Waals surface area contributed by atoms with E-state index in [9.17, 15) is 4.39 Å². The van der Waals surface area contributed by atoms with E-state index in [4.69, 9.17) is 0 Å². The Morgan fingerprint density at radius 1 is 1.14 bits per heavy atom. The molecule has 0 fully saturated rings. The zero-order valence-electron chi connectivity index (χ0n) is 12.3. The van der Waals surface area contributed by atoms with Crippen LogP contribution < -0.4 is 5.32 Å². The third-order valence-corrected chi connectivity index (χ3v) is 4.05. The van der Waals surface area contributed by atoms with Crippen molar-refractivity contribution in [3.8, 4) is 0 Å². The Morgan fingerprint density at radius 2 is 1.95 bits per heavy atom. The van der Waals surface area contributed by atoms with Crippen molar-refractivity contribution in [3.63, 3.8) is 0 Å². The minimum atomic E-state index is -0.118. The molecule has 0 amide bonds. The zero-order valence-corrected chi connectivity index (χ0v) is 13.9. The van der Waals surface area contributed by atoms with Crippen molar-refractivity contribution in [2.24, 2.45) is 0 Å². The van der Waals surface area contributed by atoms with Crippen molar-refractivity contribution in [3.05, 3.63) is 69.9 Å². The molecular formula is C18H21BrFN. The zero-order chi connectivity index (χ0) is 15.1. The summed E-state index contributed by atoms with van der Waals surface area (Å²) < 4.78 is 15.0. The molecule has 0 saturated carbocycles. The lowest BCUT2D eigenvalue weighted by Crippen LogP contribution is -2.24. The highest BCUT2D eigenvalue weighted by Crippen LogP contribution is 2.24. The molecule has 0 saturated heterocycles. The fourth-order valence-electron chi connectivity index (χ4n) is 2.45. The Labute approximate surface area is 134 Å². The van der Waals surface area contributed by atoms with Crippen molar-refractivity contribution in [1.82, 2.24) is 5.32 Å². The van der Waals surface area contributed by atoms with E-state index in [1.807, 2.05) is 24.3 Å². The predicted molar refractivity (Wildman–Crippen MR) is 90.1 cm³/mol. The standard InChI is InChI=1S/C18H21BrFN/c1-2-10-21-13-16(14-7-5-8-17(19)12-14)11-15-6-3-4-9-18(15)20/h3-9,12,16,21H,2,10-11,13H2,1H3. The minimum Gasteiger partial charge on any atom is -0.316 e. The number of benzene rings is 2. The molecule has 0 spiro atoms. The molecule has 0 heterocycles. The first-order valence-electron chi connectivity index (χ1n) is 7.40. The Hall–Kier alpha value is -1.19. The van der Waals surface area contributed by atoms with Gasteiger partial charge in [-0.1, -0.05) is 53.2 Å². The summed E-state index contributed by atoms with van der Waals surface area (Å²) in [7, 11) is 0. The monoisotopic (exact) mass is 349 g/mol. The highest BCUT2D eigenvalue weighted by Gasteiger charge is 2.14. The molecule has 2 aromatic rings. The van der Waals surface area contributed by atoms with E-state index in [0.717, 1.165) is 29.5 Å². The van der Waals surface area contributed by atoms with Crippen LogP contribution in [0.3, 0.4) is 0 Å². The predicted octanol–water partition coefficient (Wildman–Crippen LogP) is 4.91. The van der Waals surface area contributed by atoms with E-state index in [1.54, 1.807) is 6.07 Å². The van der Waals surface area contributed by atoms with Gasteiger partial charge in [0.2, 0.25) is 0 Å². The van der Waals surface area contributed by atoms with Gasteiger partial charge in [-0.3, -0.25) is 0 Å². The lowest BCUT2D eigenvalue weighted by molar-refractivity contribution is 0.552. The number of nitrogens with one attached hydrogen (secondary N) is 1. The molecule has 0 aromatic heterocycles. The maximum atomic E-state index is 13.9. The van der Waals surface area contributed by atoms with Gasteiger partial charge in [-0.2, -0.15) is 0 Å². The highest BCUT2D eigenvalue weighted by atomic mass is 79.9. The summed E-state index contributed by atoms with van der Waals surface area (Å²) >= 11 is 3.52. The first-order valence-corrected chi connectivity index (χ1v) is 8.19. The van der Waals surface area contributed by atoms with Crippen molar-refractivity contribution in [2.45, 2.75) is 25.7 Å². The first-order chi connectivity index (χ1) is 10.2. The summed E-state index contributed by atoms with van der Waals surface area (Å²) in [6, 6.07) is 15.3. The van der Waals surface area contributed by atoms with Gasteiger partial charge in [0.25, 0.3) is 0 Å². The van der Waals surface area contributed by atoms with Crippen LogP contribution in [-0.2, 0) is 6.42 Å². The number of hydrogen-bond acceptors (Lipinski definition) is 1. The van der Waals surface area contributed by atoms with E-state index >= 15 is 0 Å². The topological polar surface area (TPSA) is 12.0 Å². The SMILES string of the molecule is CCCNCC(Cc1ccccc1F)c1cccc(Br)c1. The summed E-state index contributed by atoms with van der Waals surface area (Å²) in [4.78, 5) is 0. The first kappa shape index (κ1) is 16.2. The fourth-order valence-corrected chi connectivity index (χ4v) is 2.87. The summed E-state index contributed by atoms with van der Waals surface area (Å²) in [5.41, 5.74) is 2.01. The van der Waals surface area contributed by atoms with Crippen molar-refractivity contribution >= 4 is 15.9 Å². The quantitative estimate of drug-likeness (QED) is 0.700. The molecule has 2 aromatic carbocycles.